The van der Waals surface area contributed by atoms with Crippen molar-refractivity contribution in [3.05, 3.63) is 76.9 Å². The molecule has 0 spiro atoms. The summed E-state index contributed by atoms with van der Waals surface area (Å²) in [4.78, 5) is 12.0. The minimum absolute atomic E-state index is 0.329. The average molecular weight is 276 g/mol. The highest BCUT2D eigenvalue weighted by Gasteiger charge is 2.15. The van der Waals surface area contributed by atoms with Gasteiger partial charge in [0, 0.05) is 6.42 Å². The summed E-state index contributed by atoms with van der Waals surface area (Å²) in [5, 5.41) is 0. The molecule has 0 heterocycles. The second-order valence-electron chi connectivity index (χ2n) is 5.66. The molecule has 0 saturated heterocycles. The van der Waals surface area contributed by atoms with E-state index in [9.17, 15) is 4.79 Å². The number of hydrogen-bond donors (Lipinski definition) is 0. The Morgan fingerprint density at radius 3 is 2.38 bits per heavy atom. The van der Waals surface area contributed by atoms with E-state index < -0.39 is 0 Å². The van der Waals surface area contributed by atoms with Crippen molar-refractivity contribution in [1.29, 1.82) is 0 Å². The minimum atomic E-state index is 0.329. The summed E-state index contributed by atoms with van der Waals surface area (Å²) < 4.78 is 0. The van der Waals surface area contributed by atoms with E-state index in [0.717, 1.165) is 31.3 Å². The van der Waals surface area contributed by atoms with Gasteiger partial charge in [-0.2, -0.15) is 0 Å². The van der Waals surface area contributed by atoms with E-state index in [1.54, 1.807) is 0 Å². The maximum absolute atomic E-state index is 12.0. The van der Waals surface area contributed by atoms with Crippen molar-refractivity contribution in [2.45, 2.75) is 32.1 Å². The minimum Gasteiger partial charge on any atom is -0.295 e. The number of allylic oxidation sites excluding steroid dienone is 1. The lowest BCUT2D eigenvalue weighted by Crippen LogP contribution is -2.08. The van der Waals surface area contributed by atoms with E-state index in [2.05, 4.69) is 48.5 Å². The zero-order valence-corrected chi connectivity index (χ0v) is 12.2. The maximum Gasteiger partial charge on any atom is 0.158 e. The number of rotatable bonds is 3. The molecular weight excluding hydrogens is 256 g/mol. The predicted molar refractivity (Wildman–Crippen MR) is 87.1 cm³/mol. The molecule has 1 aliphatic rings. The van der Waals surface area contributed by atoms with Crippen LogP contribution in [-0.4, -0.2) is 5.78 Å². The van der Waals surface area contributed by atoms with E-state index in [4.69, 9.17) is 0 Å². The Morgan fingerprint density at radius 1 is 0.857 bits per heavy atom. The molecule has 0 bridgehead atoms. The van der Waals surface area contributed by atoms with Gasteiger partial charge in [0.1, 0.15) is 0 Å². The lowest BCUT2D eigenvalue weighted by molar-refractivity contribution is -0.116. The fourth-order valence-electron chi connectivity index (χ4n) is 2.89. The third-order valence-corrected chi connectivity index (χ3v) is 4.08. The van der Waals surface area contributed by atoms with Crippen molar-refractivity contribution in [3.63, 3.8) is 0 Å². The monoisotopic (exact) mass is 276 g/mol. The van der Waals surface area contributed by atoms with E-state index in [1.807, 2.05) is 12.1 Å². The molecule has 0 atom stereocenters. The zero-order chi connectivity index (χ0) is 14.5. The Kier molecular flexibility index (Phi) is 4.30. The van der Waals surface area contributed by atoms with E-state index >= 15 is 0 Å². The largest absolute Gasteiger partial charge is 0.295 e. The number of benzene rings is 2. The Balaban J connectivity index is 1.89. The highest BCUT2D eigenvalue weighted by Crippen LogP contribution is 2.24. The Morgan fingerprint density at radius 2 is 1.57 bits per heavy atom. The molecule has 21 heavy (non-hydrogen) atoms. The summed E-state index contributed by atoms with van der Waals surface area (Å²) in [6.45, 7) is 0. The SMILES string of the molecule is O=C1CCCCC1=Cc1ccccc1Cc1ccccc1. The number of carbonyl (C=O) groups excluding carboxylic acids is 1. The van der Waals surface area contributed by atoms with Gasteiger partial charge >= 0.3 is 0 Å². The smallest absolute Gasteiger partial charge is 0.158 e. The molecule has 2 aromatic rings. The summed E-state index contributed by atoms with van der Waals surface area (Å²) in [5.74, 6) is 0.329. The molecule has 3 rings (SSSR count). The van der Waals surface area contributed by atoms with Gasteiger partial charge in [0.25, 0.3) is 0 Å². The van der Waals surface area contributed by atoms with Crippen molar-refractivity contribution >= 4 is 11.9 Å². The van der Waals surface area contributed by atoms with Crippen LogP contribution >= 0.6 is 0 Å². The third kappa shape index (κ3) is 3.49. The fourth-order valence-corrected chi connectivity index (χ4v) is 2.89. The van der Waals surface area contributed by atoms with Crippen LogP contribution in [0.25, 0.3) is 6.08 Å². The van der Waals surface area contributed by atoms with Crippen LogP contribution in [0, 0.1) is 0 Å². The Labute approximate surface area is 126 Å². The van der Waals surface area contributed by atoms with Crippen LogP contribution in [0.3, 0.4) is 0 Å². The molecule has 1 saturated carbocycles. The summed E-state index contributed by atoms with van der Waals surface area (Å²) in [6.07, 6.45) is 6.85. The fraction of sp³-hybridized carbons (Fsp3) is 0.250. The standard InChI is InChI=1S/C20H20O/c21-20-13-7-6-12-19(20)15-18-11-5-4-10-17(18)14-16-8-2-1-3-9-16/h1-5,8-11,15H,6-7,12-14H2. The van der Waals surface area contributed by atoms with Crippen LogP contribution in [0.2, 0.25) is 0 Å². The Hall–Kier alpha value is -2.15. The molecule has 106 valence electrons. The molecule has 1 heteroatoms. The van der Waals surface area contributed by atoms with Gasteiger partial charge in [-0.05, 0) is 54.0 Å². The van der Waals surface area contributed by atoms with Crippen LogP contribution < -0.4 is 0 Å². The van der Waals surface area contributed by atoms with Crippen LogP contribution in [0.5, 0.6) is 0 Å². The molecule has 0 N–H and O–H groups in total. The van der Waals surface area contributed by atoms with E-state index in [-0.39, 0.29) is 0 Å². The normalized spacial score (nSPS) is 17.1. The highest BCUT2D eigenvalue weighted by atomic mass is 16.1. The van der Waals surface area contributed by atoms with Crippen molar-refractivity contribution < 1.29 is 4.79 Å². The first-order valence-corrected chi connectivity index (χ1v) is 7.68. The number of carbonyl (C=O) groups is 1. The lowest BCUT2D eigenvalue weighted by atomic mass is 9.90. The van der Waals surface area contributed by atoms with Gasteiger partial charge < -0.3 is 0 Å². The molecule has 1 fully saturated rings. The number of hydrogen-bond acceptors (Lipinski definition) is 1. The summed E-state index contributed by atoms with van der Waals surface area (Å²) in [7, 11) is 0. The number of ketones is 1. The van der Waals surface area contributed by atoms with Crippen LogP contribution in [0.15, 0.2) is 60.2 Å². The molecule has 1 nitrogen and oxygen atoms in total. The molecule has 0 unspecified atom stereocenters. The Bertz CT molecular complexity index is 653. The van der Waals surface area contributed by atoms with Gasteiger partial charge in [0.15, 0.2) is 5.78 Å². The third-order valence-electron chi connectivity index (χ3n) is 4.08. The van der Waals surface area contributed by atoms with Crippen molar-refractivity contribution in [1.82, 2.24) is 0 Å². The van der Waals surface area contributed by atoms with Crippen LogP contribution in [-0.2, 0) is 11.2 Å². The molecule has 0 aromatic heterocycles. The van der Waals surface area contributed by atoms with Gasteiger partial charge in [-0.25, -0.2) is 0 Å². The van der Waals surface area contributed by atoms with Crippen molar-refractivity contribution in [2.24, 2.45) is 0 Å². The summed E-state index contributed by atoms with van der Waals surface area (Å²) in [6, 6.07) is 18.9. The van der Waals surface area contributed by atoms with Crippen molar-refractivity contribution in [2.75, 3.05) is 0 Å². The van der Waals surface area contributed by atoms with Gasteiger partial charge in [0.2, 0.25) is 0 Å². The number of Topliss-reactive ketones (excluding diaryl/α,β-unsaturated/α-hetero) is 1. The molecule has 0 radical (unpaired) electrons. The van der Waals surface area contributed by atoms with Gasteiger partial charge in [-0.1, -0.05) is 54.6 Å². The molecule has 0 amide bonds. The maximum atomic E-state index is 12.0. The zero-order valence-electron chi connectivity index (χ0n) is 12.2. The van der Waals surface area contributed by atoms with Gasteiger partial charge in [0.05, 0.1) is 0 Å². The first kappa shape index (κ1) is 13.8. The first-order valence-electron chi connectivity index (χ1n) is 7.68. The van der Waals surface area contributed by atoms with Gasteiger partial charge in [-0.15, -0.1) is 0 Å². The molecule has 1 aliphatic carbocycles. The quantitative estimate of drug-likeness (QED) is 0.736. The molecule has 0 aliphatic heterocycles. The van der Waals surface area contributed by atoms with E-state index in [1.165, 1.54) is 16.7 Å². The molecule has 2 aromatic carbocycles. The first-order chi connectivity index (χ1) is 10.3. The summed E-state index contributed by atoms with van der Waals surface area (Å²) >= 11 is 0. The van der Waals surface area contributed by atoms with Gasteiger partial charge in [-0.3, -0.25) is 4.79 Å². The molecular formula is C20H20O. The predicted octanol–water partition coefficient (Wildman–Crippen LogP) is 4.80. The van der Waals surface area contributed by atoms with Crippen LogP contribution in [0.1, 0.15) is 42.4 Å². The second kappa shape index (κ2) is 6.53. The highest BCUT2D eigenvalue weighted by molar-refractivity contribution is 6.00. The van der Waals surface area contributed by atoms with Crippen LogP contribution in [0.4, 0.5) is 0 Å². The average Bonchev–Trinajstić information content (AvgIpc) is 2.52. The lowest BCUT2D eigenvalue weighted by Gasteiger charge is -2.14. The van der Waals surface area contributed by atoms with Crippen molar-refractivity contribution in [3.8, 4) is 0 Å². The summed E-state index contributed by atoms with van der Waals surface area (Å²) in [5.41, 5.74) is 4.78. The second-order valence-corrected chi connectivity index (χ2v) is 5.66. The van der Waals surface area contributed by atoms with E-state index in [0.29, 0.717) is 12.2 Å². The topological polar surface area (TPSA) is 17.1 Å².